The van der Waals surface area contributed by atoms with Crippen molar-refractivity contribution in [2.24, 2.45) is 0 Å². The largest absolute Gasteiger partial charge is 0.457 e. The fourth-order valence-corrected chi connectivity index (χ4v) is 1.93. The van der Waals surface area contributed by atoms with Gasteiger partial charge in [0.15, 0.2) is 0 Å². The van der Waals surface area contributed by atoms with Gasteiger partial charge in [0.25, 0.3) is 5.69 Å². The molecule has 2 rings (SSSR count). The standard InChI is InChI=1S/C14H13ClN2O3/c1-16-9-10-8-11(15)2-7-14(10)20-13-5-3-12(4-6-13)17(18)19/h2-8,16H,9H2,1H3. The van der Waals surface area contributed by atoms with E-state index in [9.17, 15) is 10.1 Å². The van der Waals surface area contributed by atoms with Crippen molar-refractivity contribution in [3.63, 3.8) is 0 Å². The van der Waals surface area contributed by atoms with Crippen LogP contribution in [0.1, 0.15) is 5.56 Å². The number of nitrogens with one attached hydrogen (secondary N) is 1. The molecular weight excluding hydrogens is 280 g/mol. The third-order valence-corrected chi connectivity index (χ3v) is 2.90. The normalized spacial score (nSPS) is 10.3. The highest BCUT2D eigenvalue weighted by Gasteiger charge is 2.08. The first-order valence-corrected chi connectivity index (χ1v) is 6.33. The molecule has 20 heavy (non-hydrogen) atoms. The van der Waals surface area contributed by atoms with Gasteiger partial charge in [-0.3, -0.25) is 10.1 Å². The highest BCUT2D eigenvalue weighted by molar-refractivity contribution is 6.30. The second kappa shape index (κ2) is 6.36. The van der Waals surface area contributed by atoms with Crippen molar-refractivity contribution < 1.29 is 9.66 Å². The Bertz CT molecular complexity index is 614. The number of ether oxygens (including phenoxy) is 1. The summed E-state index contributed by atoms with van der Waals surface area (Å²) in [6, 6.07) is 11.3. The third kappa shape index (κ3) is 3.46. The topological polar surface area (TPSA) is 64.4 Å². The van der Waals surface area contributed by atoms with Crippen LogP contribution < -0.4 is 10.1 Å². The van der Waals surface area contributed by atoms with Crippen LogP contribution >= 0.6 is 11.6 Å². The van der Waals surface area contributed by atoms with Gasteiger partial charge in [0.05, 0.1) is 4.92 Å². The van der Waals surface area contributed by atoms with Crippen LogP contribution in [0.4, 0.5) is 5.69 Å². The molecule has 0 spiro atoms. The lowest BCUT2D eigenvalue weighted by molar-refractivity contribution is -0.384. The van der Waals surface area contributed by atoms with Crippen LogP contribution in [0.15, 0.2) is 42.5 Å². The van der Waals surface area contributed by atoms with Crippen LogP contribution in [0.2, 0.25) is 5.02 Å². The second-order valence-electron chi connectivity index (χ2n) is 4.14. The molecule has 5 nitrogen and oxygen atoms in total. The van der Waals surface area contributed by atoms with Crippen LogP contribution in [-0.2, 0) is 6.54 Å². The van der Waals surface area contributed by atoms with E-state index in [0.717, 1.165) is 5.56 Å². The number of rotatable bonds is 5. The highest BCUT2D eigenvalue weighted by atomic mass is 35.5. The van der Waals surface area contributed by atoms with Gasteiger partial charge in [-0.1, -0.05) is 11.6 Å². The molecular formula is C14H13ClN2O3. The smallest absolute Gasteiger partial charge is 0.269 e. The van der Waals surface area contributed by atoms with Crippen molar-refractivity contribution in [3.8, 4) is 11.5 Å². The molecule has 0 aliphatic carbocycles. The Morgan fingerprint density at radius 1 is 1.25 bits per heavy atom. The minimum Gasteiger partial charge on any atom is -0.457 e. The quantitative estimate of drug-likeness (QED) is 0.673. The zero-order valence-corrected chi connectivity index (χ0v) is 11.6. The molecule has 0 radical (unpaired) electrons. The first-order valence-electron chi connectivity index (χ1n) is 5.95. The van der Waals surface area contributed by atoms with Gasteiger partial charge in [-0.05, 0) is 37.4 Å². The maximum Gasteiger partial charge on any atom is 0.269 e. The van der Waals surface area contributed by atoms with Crippen LogP contribution in [0.5, 0.6) is 11.5 Å². The summed E-state index contributed by atoms with van der Waals surface area (Å²) in [7, 11) is 1.83. The van der Waals surface area contributed by atoms with E-state index < -0.39 is 4.92 Å². The SMILES string of the molecule is CNCc1cc(Cl)ccc1Oc1ccc([N+](=O)[O-])cc1. The Hall–Kier alpha value is -2.11. The number of halogens is 1. The predicted octanol–water partition coefficient (Wildman–Crippen LogP) is 3.76. The first kappa shape index (κ1) is 14.3. The summed E-state index contributed by atoms with van der Waals surface area (Å²) >= 11 is 5.95. The van der Waals surface area contributed by atoms with E-state index >= 15 is 0 Å². The van der Waals surface area contributed by atoms with Crippen molar-refractivity contribution in [2.45, 2.75) is 6.54 Å². The van der Waals surface area contributed by atoms with E-state index in [1.807, 2.05) is 13.1 Å². The number of hydrogen-bond acceptors (Lipinski definition) is 4. The Morgan fingerprint density at radius 2 is 1.95 bits per heavy atom. The minimum atomic E-state index is -0.446. The van der Waals surface area contributed by atoms with E-state index in [4.69, 9.17) is 16.3 Å². The lowest BCUT2D eigenvalue weighted by atomic mass is 10.2. The fraction of sp³-hybridized carbons (Fsp3) is 0.143. The zero-order valence-electron chi connectivity index (χ0n) is 10.8. The lowest BCUT2D eigenvalue weighted by Gasteiger charge is -2.11. The molecule has 6 heteroatoms. The highest BCUT2D eigenvalue weighted by Crippen LogP contribution is 2.28. The summed E-state index contributed by atoms with van der Waals surface area (Å²) in [5.41, 5.74) is 0.947. The zero-order chi connectivity index (χ0) is 14.5. The van der Waals surface area contributed by atoms with Crippen LogP contribution in [-0.4, -0.2) is 12.0 Å². The van der Waals surface area contributed by atoms with Gasteiger partial charge in [0.2, 0.25) is 0 Å². The monoisotopic (exact) mass is 292 g/mol. The minimum absolute atomic E-state index is 0.0314. The number of nitro groups is 1. The maximum absolute atomic E-state index is 10.6. The van der Waals surface area contributed by atoms with E-state index in [1.54, 1.807) is 24.3 Å². The molecule has 2 aromatic rings. The van der Waals surface area contributed by atoms with E-state index in [0.29, 0.717) is 23.1 Å². The molecule has 0 saturated carbocycles. The van der Waals surface area contributed by atoms with Crippen molar-refractivity contribution in [3.05, 3.63) is 63.2 Å². The number of nitrogens with zero attached hydrogens (tertiary/aromatic N) is 1. The molecule has 0 saturated heterocycles. The summed E-state index contributed by atoms with van der Waals surface area (Å²) in [5.74, 6) is 1.20. The first-order chi connectivity index (χ1) is 9.60. The fourth-order valence-electron chi connectivity index (χ4n) is 1.74. The number of benzene rings is 2. The number of nitro benzene ring substituents is 1. The van der Waals surface area contributed by atoms with Gasteiger partial charge in [-0.2, -0.15) is 0 Å². The molecule has 0 unspecified atom stereocenters. The molecule has 0 aliphatic heterocycles. The predicted molar refractivity (Wildman–Crippen MR) is 77.4 cm³/mol. The molecule has 104 valence electrons. The maximum atomic E-state index is 10.6. The second-order valence-corrected chi connectivity index (χ2v) is 4.57. The summed E-state index contributed by atoms with van der Waals surface area (Å²) in [4.78, 5) is 10.1. The van der Waals surface area contributed by atoms with Crippen molar-refractivity contribution >= 4 is 17.3 Å². The summed E-state index contributed by atoms with van der Waals surface area (Å²) in [6.45, 7) is 0.614. The molecule has 0 heterocycles. The molecule has 0 fully saturated rings. The average Bonchev–Trinajstić information content (AvgIpc) is 2.43. The Balaban J connectivity index is 2.22. The van der Waals surface area contributed by atoms with Gasteiger partial charge in [0.1, 0.15) is 11.5 Å². The van der Waals surface area contributed by atoms with Gasteiger partial charge < -0.3 is 10.1 Å². The van der Waals surface area contributed by atoms with Crippen LogP contribution in [0.25, 0.3) is 0 Å². The summed E-state index contributed by atoms with van der Waals surface area (Å²) < 4.78 is 5.73. The molecule has 2 aromatic carbocycles. The molecule has 0 amide bonds. The molecule has 0 aliphatic rings. The van der Waals surface area contributed by atoms with Crippen LogP contribution in [0, 0.1) is 10.1 Å². The van der Waals surface area contributed by atoms with E-state index in [1.165, 1.54) is 12.1 Å². The molecule has 0 aromatic heterocycles. The van der Waals surface area contributed by atoms with E-state index in [-0.39, 0.29) is 5.69 Å². The molecule has 1 N–H and O–H groups in total. The number of non-ortho nitro benzene ring substituents is 1. The van der Waals surface area contributed by atoms with E-state index in [2.05, 4.69) is 5.32 Å². The lowest BCUT2D eigenvalue weighted by Crippen LogP contribution is -2.06. The average molecular weight is 293 g/mol. The van der Waals surface area contributed by atoms with Crippen molar-refractivity contribution in [1.29, 1.82) is 0 Å². The summed E-state index contributed by atoms with van der Waals surface area (Å²) in [6.07, 6.45) is 0. The van der Waals surface area contributed by atoms with Gasteiger partial charge in [-0.25, -0.2) is 0 Å². The molecule has 0 bridgehead atoms. The summed E-state index contributed by atoms with van der Waals surface area (Å²) in [5, 5.41) is 14.3. The Morgan fingerprint density at radius 3 is 2.55 bits per heavy atom. The Kier molecular flexibility index (Phi) is 4.55. The van der Waals surface area contributed by atoms with Gasteiger partial charge in [-0.15, -0.1) is 0 Å². The van der Waals surface area contributed by atoms with Crippen molar-refractivity contribution in [1.82, 2.24) is 5.32 Å². The molecule has 0 atom stereocenters. The van der Waals surface area contributed by atoms with Crippen LogP contribution in [0.3, 0.4) is 0 Å². The van der Waals surface area contributed by atoms with Crippen molar-refractivity contribution in [2.75, 3.05) is 7.05 Å². The van der Waals surface area contributed by atoms with Gasteiger partial charge >= 0.3 is 0 Å². The Labute approximate surface area is 121 Å². The number of hydrogen-bond donors (Lipinski definition) is 1. The third-order valence-electron chi connectivity index (χ3n) is 2.67. The van der Waals surface area contributed by atoms with Gasteiger partial charge in [0, 0.05) is 29.3 Å².